The van der Waals surface area contributed by atoms with Crippen LogP contribution in [0.3, 0.4) is 0 Å². The molecule has 0 spiro atoms. The molecule has 2 aliphatic rings. The molecule has 1 N–H and O–H groups in total. The Morgan fingerprint density at radius 3 is 2.70 bits per heavy atom. The summed E-state index contributed by atoms with van der Waals surface area (Å²) >= 11 is 0. The number of anilines is 1. The third-order valence-electron chi connectivity index (χ3n) is 6.00. The van der Waals surface area contributed by atoms with E-state index in [1.54, 1.807) is 6.07 Å². The van der Waals surface area contributed by atoms with E-state index in [1.165, 1.54) is 18.2 Å². The van der Waals surface area contributed by atoms with E-state index in [0.29, 0.717) is 43.4 Å². The summed E-state index contributed by atoms with van der Waals surface area (Å²) in [5.41, 5.74) is 1.04. The van der Waals surface area contributed by atoms with Gasteiger partial charge in [0.05, 0.1) is 0 Å². The fourth-order valence-corrected chi connectivity index (χ4v) is 4.46. The van der Waals surface area contributed by atoms with Gasteiger partial charge in [-0.3, -0.25) is 9.59 Å². The Labute approximate surface area is 172 Å². The van der Waals surface area contributed by atoms with Crippen molar-refractivity contribution in [2.45, 2.75) is 13.0 Å². The molecule has 2 atom stereocenters. The van der Waals surface area contributed by atoms with Crippen LogP contribution in [0.25, 0.3) is 0 Å². The van der Waals surface area contributed by atoms with Gasteiger partial charge in [0.1, 0.15) is 17.3 Å². The second-order valence-electron chi connectivity index (χ2n) is 7.95. The lowest BCUT2D eigenvalue weighted by Gasteiger charge is -2.25. The average Bonchev–Trinajstić information content (AvgIpc) is 3.43. The summed E-state index contributed by atoms with van der Waals surface area (Å²) in [7, 11) is 1.86. The van der Waals surface area contributed by atoms with E-state index in [2.05, 4.69) is 15.5 Å². The van der Waals surface area contributed by atoms with Gasteiger partial charge in [-0.1, -0.05) is 6.07 Å². The maximum atomic E-state index is 13.4. The number of carbonyl (C=O) groups is 2. The van der Waals surface area contributed by atoms with Crippen LogP contribution in [-0.2, 0) is 20.0 Å². The van der Waals surface area contributed by atoms with Gasteiger partial charge >= 0.3 is 0 Å². The predicted octanol–water partition coefficient (Wildman–Crippen LogP) is 1.95. The van der Waals surface area contributed by atoms with Gasteiger partial charge in [-0.25, -0.2) is 4.39 Å². The summed E-state index contributed by atoms with van der Waals surface area (Å²) in [4.78, 5) is 27.4. The van der Waals surface area contributed by atoms with Crippen LogP contribution in [0, 0.1) is 17.7 Å². The number of benzene rings is 1. The van der Waals surface area contributed by atoms with Crippen LogP contribution in [0.15, 0.2) is 42.6 Å². The van der Waals surface area contributed by atoms with Crippen molar-refractivity contribution in [3.8, 4) is 0 Å². The van der Waals surface area contributed by atoms with E-state index in [4.69, 9.17) is 0 Å². The maximum Gasteiger partial charge on any atom is 0.293 e. The van der Waals surface area contributed by atoms with Crippen molar-refractivity contribution in [3.05, 3.63) is 65.8 Å². The first kappa shape index (κ1) is 18.5. The van der Waals surface area contributed by atoms with Crippen molar-refractivity contribution in [1.82, 2.24) is 24.2 Å². The summed E-state index contributed by atoms with van der Waals surface area (Å²) in [6.45, 7) is 1.89. The Kier molecular flexibility index (Phi) is 4.38. The van der Waals surface area contributed by atoms with Crippen LogP contribution < -0.4 is 5.32 Å². The minimum atomic E-state index is -0.424. The molecular formula is C21H21FN6O2. The van der Waals surface area contributed by atoms with Crippen molar-refractivity contribution in [2.75, 3.05) is 18.4 Å². The van der Waals surface area contributed by atoms with Gasteiger partial charge in [0, 0.05) is 45.0 Å². The number of halogens is 1. The molecule has 2 aliphatic heterocycles. The number of rotatable bonds is 3. The number of fused-ring (bicyclic) bond motifs is 2. The highest BCUT2D eigenvalue weighted by Crippen LogP contribution is 2.33. The summed E-state index contributed by atoms with van der Waals surface area (Å²) in [6.07, 6.45) is 2.53. The molecule has 1 saturated heterocycles. The topological polar surface area (TPSA) is 85.1 Å². The van der Waals surface area contributed by atoms with E-state index in [1.807, 2.05) is 39.4 Å². The van der Waals surface area contributed by atoms with Crippen molar-refractivity contribution >= 4 is 17.5 Å². The number of likely N-dealkylation sites (tertiary alicyclic amines) is 1. The van der Waals surface area contributed by atoms with Crippen LogP contribution in [0.5, 0.6) is 0 Å². The second kappa shape index (κ2) is 7.08. The number of hydrogen-bond acceptors (Lipinski definition) is 4. The molecule has 0 radical (unpaired) electrons. The van der Waals surface area contributed by atoms with Gasteiger partial charge in [0.2, 0.25) is 5.82 Å². The molecule has 0 saturated carbocycles. The van der Waals surface area contributed by atoms with E-state index in [0.717, 1.165) is 5.82 Å². The number of nitrogens with zero attached hydrogens (tertiary/aromatic N) is 5. The lowest BCUT2D eigenvalue weighted by atomic mass is 9.89. The molecule has 3 aromatic rings. The van der Waals surface area contributed by atoms with E-state index < -0.39 is 11.7 Å². The van der Waals surface area contributed by atoms with Gasteiger partial charge in [-0.15, -0.1) is 10.2 Å². The molecule has 2 amide bonds. The molecule has 5 rings (SSSR count). The zero-order chi connectivity index (χ0) is 20.8. The van der Waals surface area contributed by atoms with Crippen molar-refractivity contribution in [1.29, 1.82) is 0 Å². The zero-order valence-corrected chi connectivity index (χ0v) is 16.5. The van der Waals surface area contributed by atoms with Crippen LogP contribution in [-0.4, -0.2) is 49.1 Å². The second-order valence-corrected chi connectivity index (χ2v) is 7.95. The minimum Gasteiger partial charge on any atom is -0.347 e. The van der Waals surface area contributed by atoms with Crippen molar-refractivity contribution in [2.24, 2.45) is 18.9 Å². The van der Waals surface area contributed by atoms with E-state index in [9.17, 15) is 14.0 Å². The molecule has 0 aliphatic carbocycles. The first-order valence-electron chi connectivity index (χ1n) is 9.89. The van der Waals surface area contributed by atoms with E-state index >= 15 is 0 Å². The highest BCUT2D eigenvalue weighted by atomic mass is 19.1. The minimum absolute atomic E-state index is 0.0248. The Bertz CT molecular complexity index is 1140. The summed E-state index contributed by atoms with van der Waals surface area (Å²) in [6, 6.07) is 9.41. The number of hydrogen-bond donors (Lipinski definition) is 1. The Morgan fingerprint density at radius 2 is 1.93 bits per heavy atom. The molecule has 1 fully saturated rings. The summed E-state index contributed by atoms with van der Waals surface area (Å²) < 4.78 is 17.0. The SMILES string of the molecule is Cn1cccc1C(=O)N1C[C@@H]2Cc3nnc(C(=O)Nc4cccc(F)c4)n3C[C@@H]2C1. The number of aromatic nitrogens is 4. The average molecular weight is 408 g/mol. The normalized spacial score (nSPS) is 20.0. The molecule has 0 unspecified atom stereocenters. The molecule has 30 heavy (non-hydrogen) atoms. The molecule has 8 nitrogen and oxygen atoms in total. The Morgan fingerprint density at radius 1 is 1.10 bits per heavy atom. The number of amides is 2. The largest absolute Gasteiger partial charge is 0.347 e. The van der Waals surface area contributed by atoms with Crippen LogP contribution in [0.2, 0.25) is 0 Å². The van der Waals surface area contributed by atoms with Gasteiger partial charge in [-0.2, -0.15) is 0 Å². The van der Waals surface area contributed by atoms with Crippen LogP contribution >= 0.6 is 0 Å². The lowest BCUT2D eigenvalue weighted by Crippen LogP contribution is -2.31. The van der Waals surface area contributed by atoms with Crippen LogP contribution in [0.1, 0.15) is 26.9 Å². The predicted molar refractivity (Wildman–Crippen MR) is 106 cm³/mol. The summed E-state index contributed by atoms with van der Waals surface area (Å²) in [5, 5.41) is 11.0. The zero-order valence-electron chi connectivity index (χ0n) is 16.5. The first-order valence-corrected chi connectivity index (χ1v) is 9.89. The Hall–Kier alpha value is -3.49. The molecule has 0 bridgehead atoms. The third-order valence-corrected chi connectivity index (χ3v) is 6.00. The standard InChI is InChI=1S/C21H21FN6O2/c1-26-7-3-6-17(26)21(30)27-10-13-8-18-24-25-19(28(18)12-14(13)11-27)20(29)23-16-5-2-4-15(22)9-16/h2-7,9,13-14H,8,10-12H2,1H3,(H,23,29)/t13-,14-/m0/s1. The monoisotopic (exact) mass is 408 g/mol. The highest BCUT2D eigenvalue weighted by Gasteiger charge is 2.41. The molecule has 154 valence electrons. The number of nitrogens with one attached hydrogen (secondary N) is 1. The van der Waals surface area contributed by atoms with Crippen LogP contribution in [0.4, 0.5) is 10.1 Å². The van der Waals surface area contributed by atoms with E-state index in [-0.39, 0.29) is 17.6 Å². The third kappa shape index (κ3) is 3.16. The summed E-state index contributed by atoms with van der Waals surface area (Å²) in [5.74, 6) is 0.661. The van der Waals surface area contributed by atoms with Gasteiger partial charge in [0.15, 0.2) is 0 Å². The quantitative estimate of drug-likeness (QED) is 0.718. The number of carbonyl (C=O) groups excluding carboxylic acids is 2. The highest BCUT2D eigenvalue weighted by molar-refractivity contribution is 6.01. The molecule has 2 aromatic heterocycles. The first-order chi connectivity index (χ1) is 14.5. The van der Waals surface area contributed by atoms with Gasteiger partial charge < -0.3 is 19.4 Å². The maximum absolute atomic E-state index is 13.4. The fourth-order valence-electron chi connectivity index (χ4n) is 4.46. The molecule has 1 aromatic carbocycles. The van der Waals surface area contributed by atoms with Gasteiger partial charge in [-0.05, 0) is 42.2 Å². The van der Waals surface area contributed by atoms with Crippen molar-refractivity contribution < 1.29 is 14.0 Å². The lowest BCUT2D eigenvalue weighted by molar-refractivity contribution is 0.0773. The van der Waals surface area contributed by atoms with Gasteiger partial charge in [0.25, 0.3) is 11.8 Å². The molecule has 9 heteroatoms. The van der Waals surface area contributed by atoms with Crippen molar-refractivity contribution in [3.63, 3.8) is 0 Å². The Balaban J connectivity index is 1.32. The smallest absolute Gasteiger partial charge is 0.293 e. The number of aryl methyl sites for hydroxylation is 1. The fraction of sp³-hybridized carbons (Fsp3) is 0.333. The molecular weight excluding hydrogens is 387 g/mol. The molecule has 4 heterocycles.